The van der Waals surface area contributed by atoms with Gasteiger partial charge in [0.05, 0.1) is 47.0 Å². The van der Waals surface area contributed by atoms with Crippen molar-refractivity contribution >= 4 is 39.8 Å². The summed E-state index contributed by atoms with van der Waals surface area (Å²) < 4.78 is 7.40. The lowest BCUT2D eigenvalue weighted by atomic mass is 10.1. The molecule has 11 heteroatoms. The minimum Gasteiger partial charge on any atom is -0.494 e. The number of aromatic nitrogens is 4. The number of benzene rings is 2. The molecule has 2 aromatic carbocycles. The third-order valence-corrected chi connectivity index (χ3v) is 6.15. The van der Waals surface area contributed by atoms with Crippen molar-refractivity contribution in [3.05, 3.63) is 66.5 Å². The Morgan fingerprint density at radius 1 is 1.18 bits per heavy atom. The summed E-state index contributed by atoms with van der Waals surface area (Å²) >= 11 is 0. The first-order valence-corrected chi connectivity index (χ1v) is 12.2. The minimum absolute atomic E-state index is 0.315. The number of hydrogen-bond acceptors (Lipinski definition) is 9. The maximum atomic E-state index is 12.2. The Hall–Kier alpha value is -4.95. The van der Waals surface area contributed by atoms with Gasteiger partial charge in [0.15, 0.2) is 5.82 Å². The van der Waals surface area contributed by atoms with Crippen molar-refractivity contribution in [2.45, 2.75) is 6.92 Å². The van der Waals surface area contributed by atoms with Crippen LogP contribution in [0, 0.1) is 18.3 Å². The molecule has 39 heavy (non-hydrogen) atoms. The predicted octanol–water partition coefficient (Wildman–Crippen LogP) is 3.87. The molecular weight excluding hydrogens is 494 g/mol. The van der Waals surface area contributed by atoms with Crippen molar-refractivity contribution < 1.29 is 9.53 Å². The van der Waals surface area contributed by atoms with Gasteiger partial charge >= 0.3 is 0 Å². The normalized spacial score (nSPS) is 10.8. The van der Waals surface area contributed by atoms with E-state index in [1.165, 1.54) is 6.08 Å². The van der Waals surface area contributed by atoms with Gasteiger partial charge in [0, 0.05) is 43.9 Å². The van der Waals surface area contributed by atoms with Crippen LogP contribution in [0.4, 0.5) is 23.0 Å². The number of nitriles is 1. The van der Waals surface area contributed by atoms with Gasteiger partial charge in [-0.3, -0.25) is 4.79 Å². The molecule has 2 N–H and O–H groups in total. The number of anilines is 4. The lowest BCUT2D eigenvalue weighted by Crippen LogP contribution is -2.29. The van der Waals surface area contributed by atoms with E-state index in [1.54, 1.807) is 36.2 Å². The molecule has 0 fully saturated rings. The highest BCUT2D eigenvalue weighted by molar-refractivity contribution is 6.02. The summed E-state index contributed by atoms with van der Waals surface area (Å²) in [4.78, 5) is 25.4. The van der Waals surface area contributed by atoms with Crippen LogP contribution in [0.1, 0.15) is 11.3 Å². The van der Waals surface area contributed by atoms with Crippen LogP contribution < -0.4 is 20.3 Å². The maximum Gasteiger partial charge on any atom is 0.247 e. The number of nitrogens with zero attached hydrogens (tertiary/aromatic N) is 7. The largest absolute Gasteiger partial charge is 0.494 e. The number of fused-ring (bicyclic) bond motifs is 1. The summed E-state index contributed by atoms with van der Waals surface area (Å²) in [6, 6.07) is 13.0. The average molecular weight is 526 g/mol. The van der Waals surface area contributed by atoms with Crippen molar-refractivity contribution in [3.63, 3.8) is 0 Å². The zero-order chi connectivity index (χ0) is 28.1. The Balaban J connectivity index is 1.71. The lowest BCUT2D eigenvalue weighted by molar-refractivity contribution is -0.111. The highest BCUT2D eigenvalue weighted by Gasteiger charge is 2.17. The molecule has 0 spiro atoms. The van der Waals surface area contributed by atoms with Gasteiger partial charge in [-0.2, -0.15) is 15.3 Å². The van der Waals surface area contributed by atoms with Crippen LogP contribution in [0.15, 0.2) is 55.3 Å². The summed E-state index contributed by atoms with van der Waals surface area (Å²) in [6.45, 7) is 7.02. The van der Waals surface area contributed by atoms with Gasteiger partial charge in [-0.15, -0.1) is 0 Å². The van der Waals surface area contributed by atoms with Gasteiger partial charge in [-0.25, -0.2) is 9.67 Å². The third-order valence-electron chi connectivity index (χ3n) is 6.15. The van der Waals surface area contributed by atoms with Crippen molar-refractivity contribution in [1.82, 2.24) is 24.6 Å². The van der Waals surface area contributed by atoms with Gasteiger partial charge in [-0.1, -0.05) is 6.58 Å². The summed E-state index contributed by atoms with van der Waals surface area (Å²) in [5, 5.41) is 20.9. The number of nitrogens with one attached hydrogen (secondary N) is 2. The number of ether oxygens (including phenoxy) is 1. The molecule has 0 unspecified atom stereocenters. The fraction of sp³-hybridized carbons (Fsp3) is 0.250. The van der Waals surface area contributed by atoms with Crippen LogP contribution in [-0.2, 0) is 4.79 Å². The van der Waals surface area contributed by atoms with Crippen LogP contribution in [-0.4, -0.2) is 71.9 Å². The molecule has 0 radical (unpaired) electrons. The van der Waals surface area contributed by atoms with Crippen molar-refractivity contribution in [2.75, 3.05) is 56.9 Å². The topological polar surface area (TPSA) is 124 Å². The molecule has 4 aromatic rings. The molecule has 0 aliphatic carbocycles. The molecule has 0 saturated heterocycles. The first kappa shape index (κ1) is 27.1. The number of carbonyl (C=O) groups excluding carboxylic acids is 1. The molecular formula is C28H31N9O2. The van der Waals surface area contributed by atoms with Crippen LogP contribution >= 0.6 is 0 Å². The van der Waals surface area contributed by atoms with Crippen LogP contribution in [0.25, 0.3) is 16.7 Å². The summed E-state index contributed by atoms with van der Waals surface area (Å²) in [5.74, 6) is 1.09. The second-order valence-electron chi connectivity index (χ2n) is 9.19. The first-order valence-electron chi connectivity index (χ1n) is 12.2. The van der Waals surface area contributed by atoms with Gasteiger partial charge in [0.1, 0.15) is 5.75 Å². The van der Waals surface area contributed by atoms with E-state index in [9.17, 15) is 10.1 Å². The van der Waals surface area contributed by atoms with E-state index in [1.807, 2.05) is 51.2 Å². The van der Waals surface area contributed by atoms with Crippen LogP contribution in [0.3, 0.4) is 0 Å². The Morgan fingerprint density at radius 2 is 1.97 bits per heavy atom. The zero-order valence-corrected chi connectivity index (χ0v) is 22.7. The van der Waals surface area contributed by atoms with E-state index in [0.717, 1.165) is 35.4 Å². The second kappa shape index (κ2) is 11.6. The van der Waals surface area contributed by atoms with Gasteiger partial charge in [0.2, 0.25) is 11.9 Å². The predicted molar refractivity (Wildman–Crippen MR) is 153 cm³/mol. The molecule has 0 atom stereocenters. The first-order chi connectivity index (χ1) is 18.7. The fourth-order valence-electron chi connectivity index (χ4n) is 4.07. The monoisotopic (exact) mass is 525 g/mol. The van der Waals surface area contributed by atoms with Crippen LogP contribution in [0.2, 0.25) is 0 Å². The van der Waals surface area contributed by atoms with Gasteiger partial charge in [0.25, 0.3) is 0 Å². The standard InChI is InChI=1S/C28H31N9O2/c1-7-27(38)31-21-15-22(25(39-6)16-24(21)36(5)13-12-35(3)4)32-28-30-11-10-26(33-28)37-23-9-8-19(17-29)14-20(23)18(2)34-37/h7-11,14-16H,1,12-13H2,2-6H3,(H,31,38)(H,30,32,33). The van der Waals surface area contributed by atoms with Crippen molar-refractivity contribution in [1.29, 1.82) is 5.26 Å². The average Bonchev–Trinajstić information content (AvgIpc) is 3.27. The quantitative estimate of drug-likeness (QED) is 0.297. The summed E-state index contributed by atoms with van der Waals surface area (Å²) in [5.41, 5.74) is 4.13. The highest BCUT2D eigenvalue weighted by Crippen LogP contribution is 2.38. The maximum absolute atomic E-state index is 12.2. The molecule has 2 heterocycles. The van der Waals surface area contributed by atoms with Crippen molar-refractivity contribution in [3.8, 4) is 17.6 Å². The molecule has 1 amide bonds. The fourth-order valence-corrected chi connectivity index (χ4v) is 4.07. The SMILES string of the molecule is C=CC(=O)Nc1cc(Nc2nccc(-n3nc(C)c4cc(C#N)ccc43)n2)c(OC)cc1N(C)CCN(C)C. The Morgan fingerprint density at radius 3 is 2.67 bits per heavy atom. The van der Waals surface area contributed by atoms with E-state index in [4.69, 9.17) is 4.74 Å². The number of rotatable bonds is 10. The van der Waals surface area contributed by atoms with E-state index in [2.05, 4.69) is 43.2 Å². The summed E-state index contributed by atoms with van der Waals surface area (Å²) in [6.07, 6.45) is 2.86. The summed E-state index contributed by atoms with van der Waals surface area (Å²) in [7, 11) is 7.55. The van der Waals surface area contributed by atoms with E-state index in [-0.39, 0.29) is 5.91 Å². The highest BCUT2D eigenvalue weighted by atomic mass is 16.5. The van der Waals surface area contributed by atoms with Gasteiger partial charge < -0.3 is 25.2 Å². The Labute approximate surface area is 227 Å². The van der Waals surface area contributed by atoms with Crippen LogP contribution in [0.5, 0.6) is 5.75 Å². The number of carbonyl (C=O) groups is 1. The number of likely N-dealkylation sites (N-methyl/N-ethyl adjacent to an activating group) is 2. The zero-order valence-electron chi connectivity index (χ0n) is 22.7. The Bertz CT molecular complexity index is 1570. The molecule has 4 rings (SSSR count). The second-order valence-corrected chi connectivity index (χ2v) is 9.19. The minimum atomic E-state index is -0.327. The number of amides is 1. The van der Waals surface area contributed by atoms with Gasteiger partial charge in [-0.05, 0) is 51.4 Å². The molecule has 0 aliphatic rings. The number of methoxy groups -OCH3 is 1. The van der Waals surface area contributed by atoms with E-state index >= 15 is 0 Å². The molecule has 200 valence electrons. The molecule has 0 saturated carbocycles. The molecule has 2 aromatic heterocycles. The molecule has 0 aliphatic heterocycles. The molecule has 11 nitrogen and oxygen atoms in total. The van der Waals surface area contributed by atoms with E-state index < -0.39 is 0 Å². The number of aryl methyl sites for hydroxylation is 1. The Kier molecular flexibility index (Phi) is 8.07. The van der Waals surface area contributed by atoms with E-state index in [0.29, 0.717) is 34.5 Å². The van der Waals surface area contributed by atoms with Crippen molar-refractivity contribution in [2.24, 2.45) is 0 Å². The number of hydrogen-bond donors (Lipinski definition) is 2. The lowest BCUT2D eigenvalue weighted by Gasteiger charge is -2.26. The third kappa shape index (κ3) is 5.97. The smallest absolute Gasteiger partial charge is 0.247 e. The molecule has 0 bridgehead atoms.